The number of hydrogen-bond acceptors (Lipinski definition) is 3. The maximum Gasteiger partial charge on any atom is 0.178 e. The second-order valence-electron chi connectivity index (χ2n) is 6.79. The normalized spacial score (nSPS) is 10.8. The van der Waals surface area contributed by atoms with E-state index in [2.05, 4.69) is 41.1 Å². The summed E-state index contributed by atoms with van der Waals surface area (Å²) in [4.78, 5) is 12.8. The minimum Gasteiger partial charge on any atom is -0.496 e. The fourth-order valence-corrected chi connectivity index (χ4v) is 3.39. The van der Waals surface area contributed by atoms with Crippen LogP contribution in [0.15, 0.2) is 54.6 Å². The van der Waals surface area contributed by atoms with Crippen molar-refractivity contribution in [2.45, 2.75) is 27.3 Å². The highest BCUT2D eigenvalue weighted by molar-refractivity contribution is 5.99. The largest absolute Gasteiger partial charge is 0.496 e. The van der Waals surface area contributed by atoms with Gasteiger partial charge >= 0.3 is 0 Å². The lowest BCUT2D eigenvalue weighted by atomic mass is 10.1. The van der Waals surface area contributed by atoms with Crippen molar-refractivity contribution in [1.29, 1.82) is 0 Å². The molecule has 0 atom stereocenters. The molecule has 2 aromatic carbocycles. The number of aromatic nitrogens is 1. The van der Waals surface area contributed by atoms with Gasteiger partial charge in [0.15, 0.2) is 5.78 Å². The summed E-state index contributed by atoms with van der Waals surface area (Å²) in [5.41, 5.74) is 6.14. The lowest BCUT2D eigenvalue weighted by Crippen LogP contribution is -2.23. The van der Waals surface area contributed by atoms with E-state index >= 15 is 0 Å². The molecule has 0 fully saturated rings. The molecule has 0 amide bonds. The number of Topliss-reactive ketones (excluding diaryl/α,β-unsaturated/α-hetero) is 1. The molecule has 0 bridgehead atoms. The lowest BCUT2D eigenvalue weighted by molar-refractivity contribution is 0.0990. The number of hydrogen-bond donors (Lipinski definition) is 1. The van der Waals surface area contributed by atoms with E-state index in [1.165, 1.54) is 5.56 Å². The van der Waals surface area contributed by atoms with Crippen molar-refractivity contribution in [2.24, 2.45) is 0 Å². The molecule has 0 radical (unpaired) electrons. The summed E-state index contributed by atoms with van der Waals surface area (Å²) in [5, 5.41) is 3.24. The molecule has 0 spiro atoms. The number of aryl methyl sites for hydroxylation is 2. The molecule has 27 heavy (non-hydrogen) atoms. The number of nitrogens with zero attached hydrogens (tertiary/aromatic N) is 1. The Bertz CT molecular complexity index is 940. The van der Waals surface area contributed by atoms with Gasteiger partial charge in [-0.2, -0.15) is 0 Å². The summed E-state index contributed by atoms with van der Waals surface area (Å²) in [7, 11) is 1.66. The van der Waals surface area contributed by atoms with Crippen LogP contribution in [0.3, 0.4) is 0 Å². The smallest absolute Gasteiger partial charge is 0.178 e. The van der Waals surface area contributed by atoms with Gasteiger partial charge in [0.05, 0.1) is 13.7 Å². The minimum absolute atomic E-state index is 0.0939. The topological polar surface area (TPSA) is 43.3 Å². The molecule has 0 aliphatic carbocycles. The van der Waals surface area contributed by atoms with Crippen molar-refractivity contribution in [3.05, 3.63) is 82.7 Å². The summed E-state index contributed by atoms with van der Waals surface area (Å²) in [6.45, 7) is 6.98. The van der Waals surface area contributed by atoms with Gasteiger partial charge in [-0.3, -0.25) is 4.79 Å². The van der Waals surface area contributed by atoms with Crippen LogP contribution in [0.25, 0.3) is 5.69 Å². The average Bonchev–Trinajstić information content (AvgIpc) is 2.97. The molecule has 1 N–H and O–H groups in total. The molecule has 1 aromatic heterocycles. The molecule has 4 nitrogen and oxygen atoms in total. The minimum atomic E-state index is 0.0939. The molecule has 140 valence electrons. The monoisotopic (exact) mass is 362 g/mol. The van der Waals surface area contributed by atoms with E-state index in [-0.39, 0.29) is 12.3 Å². The van der Waals surface area contributed by atoms with Crippen molar-refractivity contribution >= 4 is 5.78 Å². The van der Waals surface area contributed by atoms with Gasteiger partial charge in [0.2, 0.25) is 0 Å². The fraction of sp³-hybridized carbons (Fsp3) is 0.261. The number of benzene rings is 2. The van der Waals surface area contributed by atoms with Gasteiger partial charge in [0, 0.05) is 34.7 Å². The number of ketones is 1. The number of carbonyl (C=O) groups is 1. The third kappa shape index (κ3) is 4.12. The van der Waals surface area contributed by atoms with Crippen molar-refractivity contribution in [1.82, 2.24) is 9.88 Å². The summed E-state index contributed by atoms with van der Waals surface area (Å²) < 4.78 is 7.49. The standard InChI is InChI=1S/C23H26N2O2/c1-16-9-11-20(12-10-16)25-17(2)13-21(18(25)3)22(26)15-24-14-19-7-5-6-8-23(19)27-4/h5-13,24H,14-15H2,1-4H3. The Morgan fingerprint density at radius 1 is 1.04 bits per heavy atom. The molecule has 1 heterocycles. The molecule has 0 unspecified atom stereocenters. The van der Waals surface area contributed by atoms with Crippen LogP contribution in [0.5, 0.6) is 5.75 Å². The average molecular weight is 362 g/mol. The Kier molecular flexibility index (Phi) is 5.77. The number of carbonyl (C=O) groups excluding carboxylic acids is 1. The summed E-state index contributed by atoms with van der Waals surface area (Å²) in [6, 6.07) is 18.2. The Morgan fingerprint density at radius 2 is 1.74 bits per heavy atom. The number of nitrogens with one attached hydrogen (secondary N) is 1. The first kappa shape index (κ1) is 18.9. The van der Waals surface area contributed by atoms with E-state index < -0.39 is 0 Å². The third-order valence-electron chi connectivity index (χ3n) is 4.82. The zero-order chi connectivity index (χ0) is 19.4. The van der Waals surface area contributed by atoms with Gasteiger partial charge in [-0.05, 0) is 45.0 Å². The summed E-state index contributed by atoms with van der Waals surface area (Å²) in [5.74, 6) is 0.923. The van der Waals surface area contributed by atoms with Gasteiger partial charge in [0.1, 0.15) is 5.75 Å². The first-order chi connectivity index (χ1) is 13.0. The molecule has 4 heteroatoms. The van der Waals surface area contributed by atoms with E-state index in [4.69, 9.17) is 4.74 Å². The number of rotatable bonds is 7. The second kappa shape index (κ2) is 8.23. The van der Waals surface area contributed by atoms with Gasteiger partial charge in [-0.15, -0.1) is 0 Å². The predicted octanol–water partition coefficient (Wildman–Crippen LogP) is 4.38. The van der Waals surface area contributed by atoms with Crippen LogP contribution < -0.4 is 10.1 Å². The maximum absolute atomic E-state index is 12.8. The van der Waals surface area contributed by atoms with Crippen LogP contribution in [-0.2, 0) is 6.54 Å². The zero-order valence-electron chi connectivity index (χ0n) is 16.4. The van der Waals surface area contributed by atoms with Crippen LogP contribution in [0.4, 0.5) is 0 Å². The first-order valence-corrected chi connectivity index (χ1v) is 9.13. The van der Waals surface area contributed by atoms with Gasteiger partial charge < -0.3 is 14.6 Å². The van der Waals surface area contributed by atoms with Crippen LogP contribution in [0.2, 0.25) is 0 Å². The Hall–Kier alpha value is -2.85. The SMILES string of the molecule is COc1ccccc1CNCC(=O)c1cc(C)n(-c2ccc(C)cc2)c1C. The van der Waals surface area contributed by atoms with Crippen LogP contribution in [-0.4, -0.2) is 24.0 Å². The van der Waals surface area contributed by atoms with Gasteiger partial charge in [0.25, 0.3) is 0 Å². The van der Waals surface area contributed by atoms with E-state index in [9.17, 15) is 4.79 Å². The van der Waals surface area contributed by atoms with E-state index in [0.29, 0.717) is 6.54 Å². The Morgan fingerprint density at radius 3 is 2.44 bits per heavy atom. The fourth-order valence-electron chi connectivity index (χ4n) is 3.39. The Balaban J connectivity index is 1.72. The Labute approximate surface area is 160 Å². The third-order valence-corrected chi connectivity index (χ3v) is 4.82. The zero-order valence-corrected chi connectivity index (χ0v) is 16.4. The molecule has 0 aliphatic rings. The van der Waals surface area contributed by atoms with E-state index in [0.717, 1.165) is 34.0 Å². The predicted molar refractivity (Wildman–Crippen MR) is 109 cm³/mol. The van der Waals surface area contributed by atoms with Crippen LogP contribution in [0.1, 0.15) is 32.9 Å². The number of ether oxygens (including phenoxy) is 1. The molecule has 0 saturated carbocycles. The highest BCUT2D eigenvalue weighted by Crippen LogP contribution is 2.22. The highest BCUT2D eigenvalue weighted by atomic mass is 16.5. The lowest BCUT2D eigenvalue weighted by Gasteiger charge is -2.11. The van der Waals surface area contributed by atoms with Crippen molar-refractivity contribution in [3.63, 3.8) is 0 Å². The molecule has 3 aromatic rings. The van der Waals surface area contributed by atoms with E-state index in [1.807, 2.05) is 44.2 Å². The number of methoxy groups -OCH3 is 1. The van der Waals surface area contributed by atoms with E-state index in [1.54, 1.807) is 7.11 Å². The second-order valence-corrected chi connectivity index (χ2v) is 6.79. The van der Waals surface area contributed by atoms with Crippen LogP contribution in [0, 0.1) is 20.8 Å². The van der Waals surface area contributed by atoms with Crippen molar-refractivity contribution in [2.75, 3.05) is 13.7 Å². The summed E-state index contributed by atoms with van der Waals surface area (Å²) in [6.07, 6.45) is 0. The van der Waals surface area contributed by atoms with Gasteiger partial charge in [-0.1, -0.05) is 35.9 Å². The molecular formula is C23H26N2O2. The quantitative estimate of drug-likeness (QED) is 0.634. The van der Waals surface area contributed by atoms with Crippen molar-refractivity contribution in [3.8, 4) is 11.4 Å². The number of para-hydroxylation sites is 1. The molecule has 0 aliphatic heterocycles. The first-order valence-electron chi connectivity index (χ1n) is 9.13. The van der Waals surface area contributed by atoms with Gasteiger partial charge in [-0.25, -0.2) is 0 Å². The van der Waals surface area contributed by atoms with Crippen molar-refractivity contribution < 1.29 is 9.53 Å². The van der Waals surface area contributed by atoms with Crippen LogP contribution >= 0.6 is 0 Å². The maximum atomic E-state index is 12.8. The molecule has 3 rings (SSSR count). The summed E-state index contributed by atoms with van der Waals surface area (Å²) >= 11 is 0. The molecule has 0 saturated heterocycles. The highest BCUT2D eigenvalue weighted by Gasteiger charge is 2.16. The molecular weight excluding hydrogens is 336 g/mol.